The Bertz CT molecular complexity index is 769. The summed E-state index contributed by atoms with van der Waals surface area (Å²) in [6, 6.07) is 4.60. The fourth-order valence-corrected chi connectivity index (χ4v) is 2.94. The number of hydrogen-bond donors (Lipinski definition) is 1. The van der Waals surface area contributed by atoms with E-state index in [9.17, 15) is 14.0 Å². The molecule has 0 bridgehead atoms. The zero-order chi connectivity index (χ0) is 19.4. The molecule has 0 saturated carbocycles. The molecule has 2 aliphatic rings. The van der Waals surface area contributed by atoms with Crippen LogP contribution >= 0.6 is 0 Å². The van der Waals surface area contributed by atoms with Crippen molar-refractivity contribution in [3.05, 3.63) is 36.7 Å². The molecule has 27 heavy (non-hydrogen) atoms. The van der Waals surface area contributed by atoms with E-state index in [1.54, 1.807) is 29.4 Å². The Morgan fingerprint density at radius 1 is 1.48 bits per heavy atom. The molecule has 2 aliphatic heterocycles. The summed E-state index contributed by atoms with van der Waals surface area (Å²) in [6.45, 7) is 7.44. The summed E-state index contributed by atoms with van der Waals surface area (Å²) in [4.78, 5) is 26.1. The maximum Gasteiger partial charge on any atom is 0.414 e. The number of carbonyl (C=O) groups excluding carboxylic acids is 2. The van der Waals surface area contributed by atoms with E-state index in [-0.39, 0.29) is 19.0 Å². The van der Waals surface area contributed by atoms with E-state index < -0.39 is 18.0 Å². The van der Waals surface area contributed by atoms with Crippen LogP contribution in [0.4, 0.5) is 20.6 Å². The van der Waals surface area contributed by atoms with Crippen molar-refractivity contribution >= 4 is 29.7 Å². The topological polar surface area (TPSA) is 77.5 Å². The second kappa shape index (κ2) is 8.07. The highest BCUT2D eigenvalue weighted by atomic mass is 19.1. The number of benzene rings is 1. The third-order valence-electron chi connectivity index (χ3n) is 4.30. The van der Waals surface area contributed by atoms with Gasteiger partial charge >= 0.3 is 6.09 Å². The third kappa shape index (κ3) is 4.36. The summed E-state index contributed by atoms with van der Waals surface area (Å²) in [5, 5.41) is 8.70. The van der Waals surface area contributed by atoms with Gasteiger partial charge in [-0.05, 0) is 18.2 Å². The van der Waals surface area contributed by atoms with Gasteiger partial charge in [-0.3, -0.25) is 14.7 Å². The molecule has 1 aromatic rings. The zero-order valence-corrected chi connectivity index (χ0v) is 15.1. The zero-order valence-electron chi connectivity index (χ0n) is 15.1. The van der Waals surface area contributed by atoms with Crippen LogP contribution in [0.5, 0.6) is 0 Å². The fraction of sp³-hybridized carbons (Fsp3) is 0.389. The summed E-state index contributed by atoms with van der Waals surface area (Å²) in [5.74, 6) is -0.649. The van der Waals surface area contributed by atoms with Crippen molar-refractivity contribution in [3.63, 3.8) is 0 Å². The minimum Gasteiger partial charge on any atom is -0.442 e. The van der Waals surface area contributed by atoms with Crippen LogP contribution in [0, 0.1) is 5.82 Å². The van der Waals surface area contributed by atoms with Gasteiger partial charge in [0.15, 0.2) is 0 Å². The van der Waals surface area contributed by atoms with Crippen LogP contribution in [0.3, 0.4) is 0 Å². The van der Waals surface area contributed by atoms with E-state index in [0.29, 0.717) is 31.0 Å². The number of nitrogens with zero attached hydrogens (tertiary/aromatic N) is 4. The number of ether oxygens (including phenoxy) is 1. The van der Waals surface area contributed by atoms with E-state index in [1.165, 1.54) is 17.9 Å². The molecule has 144 valence electrons. The van der Waals surface area contributed by atoms with Crippen LogP contribution in [0.25, 0.3) is 0 Å². The lowest BCUT2D eigenvalue weighted by molar-refractivity contribution is -0.119. The van der Waals surface area contributed by atoms with Crippen LogP contribution in [0.15, 0.2) is 36.0 Å². The molecule has 0 spiro atoms. The normalized spacial score (nSPS) is 19.3. The Balaban J connectivity index is 1.68. The predicted octanol–water partition coefficient (Wildman–Crippen LogP) is 1.54. The van der Waals surface area contributed by atoms with Crippen molar-refractivity contribution in [2.24, 2.45) is 5.10 Å². The Labute approximate surface area is 156 Å². The lowest BCUT2D eigenvalue weighted by Gasteiger charge is -2.29. The van der Waals surface area contributed by atoms with Crippen molar-refractivity contribution in [2.45, 2.75) is 13.0 Å². The van der Waals surface area contributed by atoms with E-state index in [0.717, 1.165) is 0 Å². The summed E-state index contributed by atoms with van der Waals surface area (Å²) >= 11 is 0. The maximum atomic E-state index is 14.6. The molecule has 1 aromatic carbocycles. The summed E-state index contributed by atoms with van der Waals surface area (Å²) in [6.07, 6.45) is 2.32. The summed E-state index contributed by atoms with van der Waals surface area (Å²) in [7, 11) is 0. The Morgan fingerprint density at radius 3 is 2.93 bits per heavy atom. The molecule has 0 aromatic heterocycles. The van der Waals surface area contributed by atoms with Gasteiger partial charge in [0.25, 0.3) is 0 Å². The number of rotatable bonds is 6. The molecule has 2 amide bonds. The van der Waals surface area contributed by atoms with Gasteiger partial charge in [0.05, 0.1) is 37.6 Å². The fourth-order valence-electron chi connectivity index (χ4n) is 2.94. The largest absolute Gasteiger partial charge is 0.442 e. The molecular weight excluding hydrogens is 353 g/mol. The first-order chi connectivity index (χ1) is 13.0. The molecule has 1 fully saturated rings. The molecule has 2 heterocycles. The highest BCUT2D eigenvalue weighted by Gasteiger charge is 2.33. The first kappa shape index (κ1) is 18.7. The number of anilines is 2. The van der Waals surface area contributed by atoms with Crippen LogP contribution < -0.4 is 15.1 Å². The Hall–Kier alpha value is -3.10. The Kier molecular flexibility index (Phi) is 5.58. The van der Waals surface area contributed by atoms with Gasteiger partial charge in [-0.1, -0.05) is 6.08 Å². The quantitative estimate of drug-likeness (QED) is 0.763. The van der Waals surface area contributed by atoms with Crippen molar-refractivity contribution in [1.29, 1.82) is 0 Å². The number of halogens is 1. The Morgan fingerprint density at radius 2 is 2.30 bits per heavy atom. The van der Waals surface area contributed by atoms with Crippen molar-refractivity contribution in [2.75, 3.05) is 42.5 Å². The van der Waals surface area contributed by atoms with E-state index in [1.807, 2.05) is 5.01 Å². The van der Waals surface area contributed by atoms with Gasteiger partial charge < -0.3 is 15.0 Å². The lowest BCUT2D eigenvalue weighted by atomic mass is 10.2. The average Bonchev–Trinajstić information content (AvgIpc) is 3.02. The monoisotopic (exact) mass is 375 g/mol. The lowest BCUT2D eigenvalue weighted by Crippen LogP contribution is -2.38. The van der Waals surface area contributed by atoms with Crippen molar-refractivity contribution in [3.8, 4) is 0 Å². The number of nitrogens with one attached hydrogen (secondary N) is 1. The minimum absolute atomic E-state index is 0.199. The van der Waals surface area contributed by atoms with E-state index in [2.05, 4.69) is 17.0 Å². The number of carbonyl (C=O) groups is 2. The maximum absolute atomic E-state index is 14.6. The third-order valence-corrected chi connectivity index (χ3v) is 4.30. The number of cyclic esters (lactones) is 1. The smallest absolute Gasteiger partial charge is 0.414 e. The molecule has 8 nitrogen and oxygen atoms in total. The van der Waals surface area contributed by atoms with Gasteiger partial charge in [0, 0.05) is 13.5 Å². The molecule has 1 atom stereocenters. The van der Waals surface area contributed by atoms with Gasteiger partial charge in [-0.2, -0.15) is 5.10 Å². The highest BCUT2D eigenvalue weighted by Crippen LogP contribution is 2.28. The summed E-state index contributed by atoms with van der Waals surface area (Å²) in [5.41, 5.74) is 0.803. The molecule has 0 aliphatic carbocycles. The average molecular weight is 375 g/mol. The van der Waals surface area contributed by atoms with E-state index >= 15 is 0 Å². The van der Waals surface area contributed by atoms with Crippen LogP contribution in [0.1, 0.15) is 6.92 Å². The number of hydrogen-bond acceptors (Lipinski definition) is 6. The molecule has 1 saturated heterocycles. The second-order valence-corrected chi connectivity index (χ2v) is 6.31. The second-order valence-electron chi connectivity index (χ2n) is 6.31. The van der Waals surface area contributed by atoms with Crippen LogP contribution in [-0.4, -0.2) is 62.2 Å². The first-order valence-corrected chi connectivity index (χ1v) is 8.66. The molecule has 1 N–H and O–H groups in total. The highest BCUT2D eigenvalue weighted by molar-refractivity contribution is 5.90. The van der Waals surface area contributed by atoms with Crippen molar-refractivity contribution < 1.29 is 18.7 Å². The number of amides is 2. The first-order valence-electron chi connectivity index (χ1n) is 8.66. The van der Waals surface area contributed by atoms with Crippen LogP contribution in [0.2, 0.25) is 0 Å². The van der Waals surface area contributed by atoms with Crippen molar-refractivity contribution in [1.82, 2.24) is 10.3 Å². The van der Waals surface area contributed by atoms with Gasteiger partial charge in [-0.15, -0.1) is 6.58 Å². The van der Waals surface area contributed by atoms with Gasteiger partial charge in [0.2, 0.25) is 5.91 Å². The predicted molar refractivity (Wildman–Crippen MR) is 100 cm³/mol. The SMILES string of the molecule is C=CCN1CCN(c2ccc(N3C[C@H](CNC(C)=O)OC3=O)cc2F)C=N1. The van der Waals surface area contributed by atoms with Gasteiger partial charge in [0.1, 0.15) is 18.3 Å². The van der Waals surface area contributed by atoms with Gasteiger partial charge in [-0.25, -0.2) is 9.18 Å². The minimum atomic E-state index is -0.558. The molecule has 9 heteroatoms. The summed E-state index contributed by atoms with van der Waals surface area (Å²) < 4.78 is 19.8. The standard InChI is InChI=1S/C18H22FN5O3/c1-3-6-23-8-7-22(12-21-23)17-5-4-14(9-16(17)19)24-11-15(27-18(24)26)10-20-13(2)25/h3-5,9,12,15H,1,6-8,10-11H2,2H3,(H,20,25)/t15-/m0/s1. The molecular formula is C18H22FN5O3. The van der Waals surface area contributed by atoms with Crippen LogP contribution in [-0.2, 0) is 9.53 Å². The molecule has 0 radical (unpaired) electrons. The molecule has 3 rings (SSSR count). The molecule has 0 unspecified atom stereocenters. The van der Waals surface area contributed by atoms with E-state index in [4.69, 9.17) is 4.74 Å². The number of hydrazone groups is 1.